The van der Waals surface area contributed by atoms with Gasteiger partial charge in [-0.3, -0.25) is 24.1 Å². The lowest BCUT2D eigenvalue weighted by atomic mass is 9.97. The van der Waals surface area contributed by atoms with Crippen molar-refractivity contribution < 1.29 is 38.2 Å². The first-order chi connectivity index (χ1) is 18.0. The molecule has 0 aliphatic carbocycles. The van der Waals surface area contributed by atoms with Gasteiger partial charge in [-0.05, 0) is 63.0 Å². The highest BCUT2D eigenvalue weighted by molar-refractivity contribution is 8.15. The lowest BCUT2D eigenvalue weighted by Gasteiger charge is -2.26. The predicted octanol–water partition coefficient (Wildman–Crippen LogP) is 5.03. The summed E-state index contributed by atoms with van der Waals surface area (Å²) >= 11 is 2.94. The van der Waals surface area contributed by atoms with Crippen LogP contribution in [0.3, 0.4) is 0 Å². The second kappa shape index (κ2) is 16.3. The molecule has 12 heteroatoms. The van der Waals surface area contributed by atoms with Crippen LogP contribution in [-0.4, -0.2) is 76.6 Å². The van der Waals surface area contributed by atoms with E-state index < -0.39 is 34.7 Å². The molecule has 0 aromatic carbocycles. The topological polar surface area (TPSA) is 116 Å². The van der Waals surface area contributed by atoms with Gasteiger partial charge in [0.1, 0.15) is 12.4 Å². The van der Waals surface area contributed by atoms with Gasteiger partial charge in [0.05, 0.1) is 21.5 Å². The lowest BCUT2D eigenvalue weighted by molar-refractivity contribution is -0.155. The van der Waals surface area contributed by atoms with Crippen LogP contribution in [0.15, 0.2) is 17.5 Å². The maximum Gasteiger partial charge on any atom is 0.371 e. The zero-order chi connectivity index (χ0) is 28.1. The van der Waals surface area contributed by atoms with Gasteiger partial charge in [-0.15, -0.1) is 11.3 Å². The van der Waals surface area contributed by atoms with Gasteiger partial charge < -0.3 is 14.2 Å². The maximum atomic E-state index is 13.2. The van der Waals surface area contributed by atoms with Gasteiger partial charge in [0, 0.05) is 18.7 Å². The number of thioether (sulfide) groups is 2. The number of ketones is 1. The number of piperidine rings is 1. The standard InChI is InChI=1S/C26H37NO8S3/c1-18(2)22(29)34-17-35-25(32)38-26(3,4)21(28)15-19(16-37-24(31)20-9-8-14-36-20)23(30)33-13-12-27-10-6-5-7-11-27/h8-9,14,18-19H,5-7,10-13,15-17H2,1-4H3/t19-/m0/s1. The molecule has 1 saturated heterocycles. The predicted molar refractivity (Wildman–Crippen MR) is 149 cm³/mol. The van der Waals surface area contributed by atoms with Gasteiger partial charge in [-0.1, -0.05) is 38.1 Å². The average molecular weight is 588 g/mol. The van der Waals surface area contributed by atoms with Crippen LogP contribution >= 0.6 is 34.9 Å². The molecule has 1 aliphatic rings. The Labute approximate surface area is 236 Å². The van der Waals surface area contributed by atoms with Crippen LogP contribution < -0.4 is 0 Å². The molecule has 1 atom stereocenters. The zero-order valence-electron chi connectivity index (χ0n) is 22.4. The molecule has 0 amide bonds. The molecular weight excluding hydrogens is 550 g/mol. The summed E-state index contributed by atoms with van der Waals surface area (Å²) in [7, 11) is 0. The Morgan fingerprint density at radius 2 is 1.74 bits per heavy atom. The highest BCUT2D eigenvalue weighted by Crippen LogP contribution is 2.31. The summed E-state index contributed by atoms with van der Waals surface area (Å²) in [6.07, 6.45) is 3.27. The Morgan fingerprint density at radius 1 is 1.03 bits per heavy atom. The number of rotatable bonds is 14. The van der Waals surface area contributed by atoms with Crippen molar-refractivity contribution in [3.8, 4) is 0 Å². The van der Waals surface area contributed by atoms with Crippen molar-refractivity contribution in [3.63, 3.8) is 0 Å². The van der Waals surface area contributed by atoms with Crippen molar-refractivity contribution in [1.29, 1.82) is 0 Å². The van der Waals surface area contributed by atoms with Crippen molar-refractivity contribution in [2.45, 2.75) is 58.1 Å². The number of hydrogen-bond acceptors (Lipinski definition) is 12. The highest BCUT2D eigenvalue weighted by atomic mass is 32.2. The fourth-order valence-corrected chi connectivity index (χ4v) is 5.91. The number of nitrogens with zero attached hydrogens (tertiary/aromatic N) is 1. The third kappa shape index (κ3) is 11.5. The molecule has 38 heavy (non-hydrogen) atoms. The van der Waals surface area contributed by atoms with Crippen LogP contribution in [0.1, 0.15) is 63.0 Å². The Kier molecular flexibility index (Phi) is 13.8. The number of Topliss-reactive ketones (excluding diaryl/α,β-unsaturated/α-hetero) is 1. The van der Waals surface area contributed by atoms with Crippen molar-refractivity contribution in [2.75, 3.05) is 38.8 Å². The monoisotopic (exact) mass is 587 g/mol. The summed E-state index contributed by atoms with van der Waals surface area (Å²) in [5, 5.41) is 0.848. The molecule has 0 saturated carbocycles. The van der Waals surface area contributed by atoms with E-state index in [-0.39, 0.29) is 35.6 Å². The smallest absolute Gasteiger partial charge is 0.371 e. The van der Waals surface area contributed by atoms with E-state index in [0.717, 1.165) is 37.7 Å². The van der Waals surface area contributed by atoms with Crippen LogP contribution in [0.4, 0.5) is 4.79 Å². The SMILES string of the molecule is CC(C)C(=O)OCOC(=O)SC(C)(C)C(=O)C[C@@H](CSC(=O)c1cccs1)C(=O)OCCN1CCCCC1. The van der Waals surface area contributed by atoms with Crippen molar-refractivity contribution in [2.24, 2.45) is 11.8 Å². The van der Waals surface area contributed by atoms with Gasteiger partial charge in [0.15, 0.2) is 0 Å². The molecule has 9 nitrogen and oxygen atoms in total. The van der Waals surface area contributed by atoms with Crippen LogP contribution in [-0.2, 0) is 28.6 Å². The molecule has 0 radical (unpaired) electrons. The van der Waals surface area contributed by atoms with E-state index >= 15 is 0 Å². The first-order valence-corrected chi connectivity index (χ1v) is 15.3. The molecule has 1 aliphatic heterocycles. The normalized spacial score (nSPS) is 15.1. The number of ether oxygens (including phenoxy) is 3. The largest absolute Gasteiger partial charge is 0.464 e. The third-order valence-electron chi connectivity index (χ3n) is 5.86. The molecule has 212 valence electrons. The Bertz CT molecular complexity index is 942. The second-order valence-corrected chi connectivity index (χ2v) is 13.2. The minimum Gasteiger partial charge on any atom is -0.464 e. The highest BCUT2D eigenvalue weighted by Gasteiger charge is 2.36. The van der Waals surface area contributed by atoms with Gasteiger partial charge >= 0.3 is 17.2 Å². The maximum absolute atomic E-state index is 13.2. The zero-order valence-corrected chi connectivity index (χ0v) is 24.8. The molecular formula is C26H37NO8S3. The molecule has 0 unspecified atom stereocenters. The fraction of sp³-hybridized carbons (Fsp3) is 0.654. The fourth-order valence-electron chi connectivity index (χ4n) is 3.50. The summed E-state index contributed by atoms with van der Waals surface area (Å²) in [4.78, 5) is 65.2. The molecule has 2 heterocycles. The number of likely N-dealkylation sites (tertiary alicyclic amines) is 1. The van der Waals surface area contributed by atoms with Gasteiger partial charge in [0.25, 0.3) is 0 Å². The first kappa shape index (κ1) is 32.3. The average Bonchev–Trinajstić information content (AvgIpc) is 3.41. The Hall–Kier alpha value is -1.89. The molecule has 0 spiro atoms. The summed E-state index contributed by atoms with van der Waals surface area (Å²) in [6, 6.07) is 3.48. The van der Waals surface area contributed by atoms with E-state index in [9.17, 15) is 24.0 Å². The summed E-state index contributed by atoms with van der Waals surface area (Å²) < 4.78 is 14.1. The number of carbonyl (C=O) groups is 5. The minimum atomic E-state index is -1.21. The van der Waals surface area contributed by atoms with E-state index in [1.807, 2.05) is 0 Å². The molecule has 1 aromatic rings. The molecule has 1 fully saturated rings. The molecule has 0 bridgehead atoms. The van der Waals surface area contributed by atoms with E-state index in [0.29, 0.717) is 23.2 Å². The van der Waals surface area contributed by atoms with Gasteiger partial charge in [0.2, 0.25) is 11.9 Å². The van der Waals surface area contributed by atoms with E-state index in [1.165, 1.54) is 17.8 Å². The number of thiophene rings is 1. The van der Waals surface area contributed by atoms with Crippen LogP contribution in [0.5, 0.6) is 0 Å². The van der Waals surface area contributed by atoms with Crippen molar-refractivity contribution in [3.05, 3.63) is 22.4 Å². The van der Waals surface area contributed by atoms with Gasteiger partial charge in [-0.25, -0.2) is 4.79 Å². The lowest BCUT2D eigenvalue weighted by Crippen LogP contribution is -2.36. The summed E-state index contributed by atoms with van der Waals surface area (Å²) in [5.74, 6) is -2.52. The third-order valence-corrected chi connectivity index (χ3v) is 8.93. The number of carbonyl (C=O) groups excluding carboxylic acids is 5. The van der Waals surface area contributed by atoms with Crippen molar-refractivity contribution >= 4 is 63.0 Å². The molecule has 1 aromatic heterocycles. The van der Waals surface area contributed by atoms with Crippen LogP contribution in [0, 0.1) is 11.8 Å². The van der Waals surface area contributed by atoms with E-state index in [2.05, 4.69) is 4.90 Å². The Morgan fingerprint density at radius 3 is 2.37 bits per heavy atom. The minimum absolute atomic E-state index is 0.0847. The van der Waals surface area contributed by atoms with E-state index in [1.54, 1.807) is 45.2 Å². The number of esters is 2. The second-order valence-electron chi connectivity index (χ2n) is 9.71. The summed E-state index contributed by atoms with van der Waals surface area (Å²) in [5.41, 5.74) is 0. The van der Waals surface area contributed by atoms with Crippen LogP contribution in [0.25, 0.3) is 0 Å². The van der Waals surface area contributed by atoms with Crippen LogP contribution in [0.2, 0.25) is 0 Å². The quantitative estimate of drug-likeness (QED) is 0.215. The van der Waals surface area contributed by atoms with Crippen molar-refractivity contribution in [1.82, 2.24) is 4.90 Å². The first-order valence-electron chi connectivity index (χ1n) is 12.6. The molecule has 0 N–H and O–H groups in total. The number of hydrogen-bond donors (Lipinski definition) is 0. The van der Waals surface area contributed by atoms with Gasteiger partial charge in [-0.2, -0.15) is 0 Å². The van der Waals surface area contributed by atoms with E-state index in [4.69, 9.17) is 14.2 Å². The molecule has 2 rings (SSSR count). The summed E-state index contributed by atoms with van der Waals surface area (Å²) in [6.45, 7) is 8.68. The Balaban J connectivity index is 1.93.